The Morgan fingerprint density at radius 3 is 2.42 bits per heavy atom. The van der Waals surface area contributed by atoms with Crippen LogP contribution in [0.15, 0.2) is 54.9 Å². The van der Waals surface area contributed by atoms with E-state index in [1.807, 2.05) is 36.4 Å². The van der Waals surface area contributed by atoms with E-state index in [1.54, 1.807) is 18.5 Å². The van der Waals surface area contributed by atoms with Gasteiger partial charge < -0.3 is 16.5 Å². The summed E-state index contributed by atoms with van der Waals surface area (Å²) in [6.45, 7) is 0. The van der Waals surface area contributed by atoms with Crippen LogP contribution in [0.25, 0.3) is 22.4 Å². The van der Waals surface area contributed by atoms with Crippen molar-refractivity contribution in [1.29, 1.82) is 0 Å². The normalized spacial score (nSPS) is 10.3. The first-order valence-corrected chi connectivity index (χ1v) is 7.14. The van der Waals surface area contributed by atoms with Crippen LogP contribution in [0.4, 0.5) is 10.6 Å². The fraction of sp³-hybridized carbons (Fsp3) is 0. The van der Waals surface area contributed by atoms with Crippen molar-refractivity contribution in [2.75, 3.05) is 5.32 Å². The molecule has 0 aliphatic carbocycles. The number of nitrogens with one attached hydrogen (secondary N) is 2. The van der Waals surface area contributed by atoms with Crippen molar-refractivity contribution < 1.29 is 9.59 Å². The lowest BCUT2D eigenvalue weighted by Gasteiger charge is -2.04. The number of hydrogen-bond donors (Lipinski definition) is 4. The number of benzene rings is 1. The number of nitrogens with two attached hydrogens (primary N) is 2. The van der Waals surface area contributed by atoms with Gasteiger partial charge in [0.2, 0.25) is 0 Å². The van der Waals surface area contributed by atoms with Crippen molar-refractivity contribution in [3.05, 3.63) is 60.4 Å². The molecule has 0 spiro atoms. The summed E-state index contributed by atoms with van der Waals surface area (Å²) in [4.78, 5) is 29.7. The Morgan fingerprint density at radius 2 is 1.75 bits per heavy atom. The summed E-state index contributed by atoms with van der Waals surface area (Å²) in [5.41, 5.74) is 14.0. The molecule has 0 atom stereocenters. The average Bonchev–Trinajstić information content (AvgIpc) is 2.99. The van der Waals surface area contributed by atoms with Crippen LogP contribution in [0.3, 0.4) is 0 Å². The fourth-order valence-corrected chi connectivity index (χ4v) is 2.43. The van der Waals surface area contributed by atoms with Gasteiger partial charge >= 0.3 is 6.03 Å². The standard InChI is InChI=1S/C17H15N5O2/c18-15(23)13-8-14(21-16(13)22-17(19)24)11-4-1-3-10(7-11)12-5-2-6-20-9-12/h1-9,21H,(H2,18,23)(H3,19,22,24). The summed E-state index contributed by atoms with van der Waals surface area (Å²) >= 11 is 0. The maximum absolute atomic E-state index is 11.5. The number of pyridine rings is 1. The van der Waals surface area contributed by atoms with Crippen LogP contribution < -0.4 is 16.8 Å². The molecule has 7 nitrogen and oxygen atoms in total. The molecule has 1 aromatic carbocycles. The average molecular weight is 321 g/mol. The van der Waals surface area contributed by atoms with Gasteiger partial charge in [-0.05, 0) is 29.3 Å². The van der Waals surface area contributed by atoms with E-state index in [2.05, 4.69) is 15.3 Å². The van der Waals surface area contributed by atoms with Crippen molar-refractivity contribution in [1.82, 2.24) is 9.97 Å². The number of amides is 3. The summed E-state index contributed by atoms with van der Waals surface area (Å²) < 4.78 is 0. The smallest absolute Gasteiger partial charge is 0.317 e. The molecule has 3 aromatic rings. The van der Waals surface area contributed by atoms with Gasteiger partial charge in [0, 0.05) is 23.7 Å². The van der Waals surface area contributed by atoms with Crippen LogP contribution in [0, 0.1) is 0 Å². The van der Waals surface area contributed by atoms with Crippen LogP contribution in [0.5, 0.6) is 0 Å². The number of rotatable bonds is 4. The molecule has 3 amide bonds. The molecule has 0 fully saturated rings. The number of aromatic nitrogens is 2. The zero-order valence-electron chi connectivity index (χ0n) is 12.6. The number of H-pyrrole nitrogens is 1. The number of carbonyl (C=O) groups excluding carboxylic acids is 2. The number of carbonyl (C=O) groups is 2. The second-order valence-corrected chi connectivity index (χ2v) is 5.15. The molecule has 0 bridgehead atoms. The lowest BCUT2D eigenvalue weighted by atomic mass is 10.0. The minimum absolute atomic E-state index is 0.163. The number of hydrogen-bond acceptors (Lipinski definition) is 3. The molecule has 3 rings (SSSR count). The molecule has 6 N–H and O–H groups in total. The van der Waals surface area contributed by atoms with Crippen LogP contribution in [-0.4, -0.2) is 21.9 Å². The van der Waals surface area contributed by atoms with Crippen LogP contribution in [0.1, 0.15) is 10.4 Å². The molecular formula is C17H15N5O2. The summed E-state index contributed by atoms with van der Waals surface area (Å²) in [6, 6.07) is 12.3. The topological polar surface area (TPSA) is 127 Å². The second-order valence-electron chi connectivity index (χ2n) is 5.15. The Labute approximate surface area is 137 Å². The lowest BCUT2D eigenvalue weighted by molar-refractivity contribution is 0.100. The number of urea groups is 1. The number of anilines is 1. The van der Waals surface area contributed by atoms with E-state index >= 15 is 0 Å². The van der Waals surface area contributed by atoms with Gasteiger partial charge in [-0.1, -0.05) is 24.3 Å². The van der Waals surface area contributed by atoms with Crippen molar-refractivity contribution in [2.45, 2.75) is 0 Å². The van der Waals surface area contributed by atoms with Gasteiger partial charge in [-0.3, -0.25) is 15.1 Å². The molecule has 2 aromatic heterocycles. The van der Waals surface area contributed by atoms with E-state index < -0.39 is 11.9 Å². The van der Waals surface area contributed by atoms with E-state index in [4.69, 9.17) is 11.5 Å². The van der Waals surface area contributed by atoms with Gasteiger partial charge in [-0.25, -0.2) is 4.79 Å². The van der Waals surface area contributed by atoms with Crippen LogP contribution in [0.2, 0.25) is 0 Å². The molecule has 0 aliphatic rings. The quantitative estimate of drug-likeness (QED) is 0.589. The minimum atomic E-state index is -0.782. The fourth-order valence-electron chi connectivity index (χ4n) is 2.43. The maximum atomic E-state index is 11.5. The van der Waals surface area contributed by atoms with Crippen molar-refractivity contribution in [3.63, 3.8) is 0 Å². The Kier molecular flexibility index (Phi) is 3.98. The van der Waals surface area contributed by atoms with Crippen molar-refractivity contribution >= 4 is 17.8 Å². The van der Waals surface area contributed by atoms with Gasteiger partial charge in [0.25, 0.3) is 5.91 Å². The minimum Gasteiger partial charge on any atom is -0.365 e. The maximum Gasteiger partial charge on any atom is 0.317 e. The third-order valence-electron chi connectivity index (χ3n) is 3.50. The first-order valence-electron chi connectivity index (χ1n) is 7.14. The highest BCUT2D eigenvalue weighted by molar-refractivity contribution is 6.03. The molecule has 0 aliphatic heterocycles. The Balaban J connectivity index is 2.03. The molecule has 7 heteroatoms. The highest BCUT2D eigenvalue weighted by atomic mass is 16.2. The molecule has 120 valence electrons. The van der Waals surface area contributed by atoms with Crippen molar-refractivity contribution in [3.8, 4) is 22.4 Å². The Bertz CT molecular complexity index is 902. The number of aromatic amines is 1. The summed E-state index contributed by atoms with van der Waals surface area (Å²) in [5.74, 6) is -0.485. The van der Waals surface area contributed by atoms with E-state index in [1.165, 1.54) is 0 Å². The largest absolute Gasteiger partial charge is 0.365 e. The van der Waals surface area contributed by atoms with E-state index in [0.29, 0.717) is 5.69 Å². The van der Waals surface area contributed by atoms with Crippen LogP contribution in [-0.2, 0) is 0 Å². The van der Waals surface area contributed by atoms with E-state index in [9.17, 15) is 9.59 Å². The summed E-state index contributed by atoms with van der Waals surface area (Å²) in [6.07, 6.45) is 3.47. The second kappa shape index (κ2) is 6.25. The number of nitrogens with zero attached hydrogens (tertiary/aromatic N) is 1. The van der Waals surface area contributed by atoms with Gasteiger partial charge in [0.05, 0.1) is 5.56 Å². The predicted octanol–water partition coefficient (Wildman–Crippen LogP) is 2.33. The molecule has 0 unspecified atom stereocenters. The Morgan fingerprint density at radius 1 is 1.00 bits per heavy atom. The SMILES string of the molecule is NC(=O)Nc1[nH]c(-c2cccc(-c3cccnc3)c2)cc1C(N)=O. The zero-order chi connectivity index (χ0) is 17.1. The molecule has 0 radical (unpaired) electrons. The summed E-state index contributed by atoms with van der Waals surface area (Å²) in [5, 5.41) is 2.36. The molecule has 2 heterocycles. The first kappa shape index (κ1) is 15.3. The van der Waals surface area contributed by atoms with Crippen LogP contribution >= 0.6 is 0 Å². The number of primary amides is 2. The molecular weight excluding hydrogens is 306 g/mol. The van der Waals surface area contributed by atoms with Gasteiger partial charge in [-0.2, -0.15) is 0 Å². The van der Waals surface area contributed by atoms with Gasteiger partial charge in [-0.15, -0.1) is 0 Å². The Hall–Kier alpha value is -3.61. The highest BCUT2D eigenvalue weighted by Gasteiger charge is 2.15. The van der Waals surface area contributed by atoms with E-state index in [0.717, 1.165) is 16.7 Å². The highest BCUT2D eigenvalue weighted by Crippen LogP contribution is 2.28. The monoisotopic (exact) mass is 321 g/mol. The zero-order valence-corrected chi connectivity index (χ0v) is 12.6. The van der Waals surface area contributed by atoms with Crippen molar-refractivity contribution in [2.24, 2.45) is 11.5 Å². The van der Waals surface area contributed by atoms with Gasteiger partial charge in [0.15, 0.2) is 0 Å². The molecule has 0 saturated heterocycles. The van der Waals surface area contributed by atoms with Gasteiger partial charge in [0.1, 0.15) is 5.82 Å². The lowest BCUT2D eigenvalue weighted by Crippen LogP contribution is -2.22. The third-order valence-corrected chi connectivity index (χ3v) is 3.50. The predicted molar refractivity (Wildman–Crippen MR) is 91.2 cm³/mol. The molecule has 24 heavy (non-hydrogen) atoms. The molecule has 0 saturated carbocycles. The van der Waals surface area contributed by atoms with E-state index in [-0.39, 0.29) is 11.4 Å². The third kappa shape index (κ3) is 3.09. The first-order chi connectivity index (χ1) is 11.5. The summed E-state index contributed by atoms with van der Waals surface area (Å²) in [7, 11) is 0.